The number of carboxylic acid groups (broad SMARTS) is 1. The molecule has 116 valence electrons. The molecule has 2 aromatic rings. The summed E-state index contributed by atoms with van der Waals surface area (Å²) in [7, 11) is 1.57. The zero-order chi connectivity index (χ0) is 15.9. The Morgan fingerprint density at radius 2 is 2.23 bits per heavy atom. The third-order valence-corrected chi connectivity index (χ3v) is 2.85. The first-order chi connectivity index (χ1) is 10.6. The van der Waals surface area contributed by atoms with Gasteiger partial charge in [0.05, 0.1) is 26.3 Å². The second-order valence-corrected chi connectivity index (χ2v) is 4.61. The van der Waals surface area contributed by atoms with Crippen LogP contribution in [-0.4, -0.2) is 39.1 Å². The second kappa shape index (κ2) is 7.21. The lowest BCUT2D eigenvalue weighted by Gasteiger charge is -2.05. The largest absolute Gasteiger partial charge is 0.497 e. The van der Waals surface area contributed by atoms with Gasteiger partial charge in [-0.25, -0.2) is 4.68 Å². The van der Waals surface area contributed by atoms with Gasteiger partial charge in [-0.3, -0.25) is 9.59 Å². The summed E-state index contributed by atoms with van der Waals surface area (Å²) in [5.74, 6) is -0.471. The van der Waals surface area contributed by atoms with Gasteiger partial charge in [0.1, 0.15) is 18.0 Å². The SMILES string of the molecule is COc1cccc(CC(=O)NCc2cn(CC(=O)O)nn2)c1. The molecule has 0 aliphatic carbocycles. The maximum atomic E-state index is 11.9. The van der Waals surface area contributed by atoms with Crippen LogP contribution < -0.4 is 10.1 Å². The lowest BCUT2D eigenvalue weighted by atomic mass is 10.1. The molecule has 22 heavy (non-hydrogen) atoms. The first-order valence-corrected chi connectivity index (χ1v) is 6.57. The lowest BCUT2D eigenvalue weighted by Crippen LogP contribution is -2.24. The quantitative estimate of drug-likeness (QED) is 0.758. The molecule has 0 saturated carbocycles. The number of aromatic nitrogens is 3. The van der Waals surface area contributed by atoms with Crippen molar-refractivity contribution in [3.8, 4) is 5.75 Å². The molecule has 0 atom stereocenters. The van der Waals surface area contributed by atoms with E-state index < -0.39 is 5.97 Å². The van der Waals surface area contributed by atoms with Crippen molar-refractivity contribution in [1.82, 2.24) is 20.3 Å². The van der Waals surface area contributed by atoms with E-state index in [4.69, 9.17) is 9.84 Å². The van der Waals surface area contributed by atoms with E-state index in [-0.39, 0.29) is 25.4 Å². The molecule has 0 unspecified atom stereocenters. The standard InChI is InChI=1S/C14H16N4O4/c1-22-12-4-2-3-10(5-12)6-13(19)15-7-11-8-18(17-16-11)9-14(20)21/h2-5,8H,6-7,9H2,1H3,(H,15,19)(H,20,21). The number of carbonyl (C=O) groups excluding carboxylic acids is 1. The highest BCUT2D eigenvalue weighted by Crippen LogP contribution is 2.12. The van der Waals surface area contributed by atoms with E-state index in [9.17, 15) is 9.59 Å². The Morgan fingerprint density at radius 3 is 2.95 bits per heavy atom. The third-order valence-electron chi connectivity index (χ3n) is 2.85. The van der Waals surface area contributed by atoms with Crippen LogP contribution in [0.5, 0.6) is 5.75 Å². The van der Waals surface area contributed by atoms with Gasteiger partial charge in [0.2, 0.25) is 5.91 Å². The van der Waals surface area contributed by atoms with Crippen LogP contribution in [0.3, 0.4) is 0 Å². The Hall–Kier alpha value is -2.90. The van der Waals surface area contributed by atoms with Crippen molar-refractivity contribution in [3.63, 3.8) is 0 Å². The number of nitrogens with zero attached hydrogens (tertiary/aromatic N) is 3. The zero-order valence-corrected chi connectivity index (χ0v) is 12.0. The molecule has 1 amide bonds. The fraction of sp³-hybridized carbons (Fsp3) is 0.286. The highest BCUT2D eigenvalue weighted by atomic mass is 16.5. The van der Waals surface area contributed by atoms with Crippen LogP contribution in [0.15, 0.2) is 30.5 Å². The summed E-state index contributed by atoms with van der Waals surface area (Å²) < 4.78 is 6.30. The molecule has 2 N–H and O–H groups in total. The predicted molar refractivity (Wildman–Crippen MR) is 76.2 cm³/mol. The third kappa shape index (κ3) is 4.58. The number of carbonyl (C=O) groups is 2. The number of carboxylic acids is 1. The van der Waals surface area contributed by atoms with Gasteiger partial charge in [-0.15, -0.1) is 5.10 Å². The molecule has 0 spiro atoms. The van der Waals surface area contributed by atoms with E-state index in [2.05, 4.69) is 15.6 Å². The van der Waals surface area contributed by atoms with E-state index in [1.807, 2.05) is 18.2 Å². The average Bonchev–Trinajstić information content (AvgIpc) is 2.92. The molecule has 8 heteroatoms. The number of benzene rings is 1. The number of hydrogen-bond acceptors (Lipinski definition) is 5. The molecule has 0 radical (unpaired) electrons. The molecule has 2 rings (SSSR count). The van der Waals surface area contributed by atoms with Gasteiger partial charge in [0, 0.05) is 0 Å². The van der Waals surface area contributed by atoms with Gasteiger partial charge in [-0.1, -0.05) is 17.3 Å². The van der Waals surface area contributed by atoms with E-state index in [0.717, 1.165) is 5.56 Å². The monoisotopic (exact) mass is 304 g/mol. The Balaban J connectivity index is 1.84. The number of nitrogens with one attached hydrogen (secondary N) is 1. The Kier molecular flexibility index (Phi) is 5.07. The molecule has 1 aromatic heterocycles. The number of amides is 1. The first-order valence-electron chi connectivity index (χ1n) is 6.57. The van der Waals surface area contributed by atoms with Gasteiger partial charge < -0.3 is 15.2 Å². The van der Waals surface area contributed by atoms with Crippen LogP contribution in [0.4, 0.5) is 0 Å². The molecule has 1 heterocycles. The van der Waals surface area contributed by atoms with Crippen molar-refractivity contribution in [2.24, 2.45) is 0 Å². The number of ether oxygens (including phenoxy) is 1. The summed E-state index contributed by atoms with van der Waals surface area (Å²) >= 11 is 0. The summed E-state index contributed by atoms with van der Waals surface area (Å²) in [6, 6.07) is 7.26. The normalized spacial score (nSPS) is 10.2. The van der Waals surface area contributed by atoms with Gasteiger partial charge >= 0.3 is 5.97 Å². The Labute approximate surface area is 126 Å². The van der Waals surface area contributed by atoms with Crippen molar-refractivity contribution in [2.75, 3.05) is 7.11 Å². The van der Waals surface area contributed by atoms with Crippen molar-refractivity contribution in [1.29, 1.82) is 0 Å². The van der Waals surface area contributed by atoms with Crippen LogP contribution >= 0.6 is 0 Å². The van der Waals surface area contributed by atoms with E-state index in [1.54, 1.807) is 13.2 Å². The molecule has 1 aromatic carbocycles. The van der Waals surface area contributed by atoms with Gasteiger partial charge in [-0.2, -0.15) is 0 Å². The van der Waals surface area contributed by atoms with Crippen LogP contribution in [0.1, 0.15) is 11.3 Å². The highest BCUT2D eigenvalue weighted by Gasteiger charge is 2.07. The predicted octanol–water partition coefficient (Wildman–Crippen LogP) is 0.230. The minimum Gasteiger partial charge on any atom is -0.497 e. The summed E-state index contributed by atoms with van der Waals surface area (Å²) in [4.78, 5) is 22.4. The molecular formula is C14H16N4O4. The molecular weight excluding hydrogens is 288 g/mol. The van der Waals surface area contributed by atoms with Crippen LogP contribution in [0, 0.1) is 0 Å². The molecule has 0 aliphatic heterocycles. The van der Waals surface area contributed by atoms with Crippen LogP contribution in [0.25, 0.3) is 0 Å². The van der Waals surface area contributed by atoms with Gasteiger partial charge in [0.25, 0.3) is 0 Å². The second-order valence-electron chi connectivity index (χ2n) is 4.61. The van der Waals surface area contributed by atoms with Gasteiger partial charge in [-0.05, 0) is 17.7 Å². The fourth-order valence-corrected chi connectivity index (χ4v) is 1.85. The van der Waals surface area contributed by atoms with Crippen LogP contribution in [0.2, 0.25) is 0 Å². The summed E-state index contributed by atoms with van der Waals surface area (Å²) in [5.41, 5.74) is 1.34. The Morgan fingerprint density at radius 1 is 1.41 bits per heavy atom. The summed E-state index contributed by atoms with van der Waals surface area (Å²) in [6.07, 6.45) is 1.71. The molecule has 0 bridgehead atoms. The summed E-state index contributed by atoms with van der Waals surface area (Å²) in [6.45, 7) is -0.0623. The molecule has 0 fully saturated rings. The van der Waals surface area contributed by atoms with Crippen molar-refractivity contribution in [2.45, 2.75) is 19.5 Å². The number of aliphatic carboxylic acids is 1. The van der Waals surface area contributed by atoms with E-state index >= 15 is 0 Å². The smallest absolute Gasteiger partial charge is 0.325 e. The van der Waals surface area contributed by atoms with E-state index in [0.29, 0.717) is 11.4 Å². The van der Waals surface area contributed by atoms with Crippen molar-refractivity contribution < 1.29 is 19.4 Å². The maximum absolute atomic E-state index is 11.9. The van der Waals surface area contributed by atoms with Crippen molar-refractivity contribution >= 4 is 11.9 Å². The number of rotatable bonds is 7. The first kappa shape index (κ1) is 15.5. The Bertz CT molecular complexity index is 668. The van der Waals surface area contributed by atoms with Gasteiger partial charge in [0.15, 0.2) is 0 Å². The highest BCUT2D eigenvalue weighted by molar-refractivity contribution is 5.78. The minimum absolute atomic E-state index is 0.166. The minimum atomic E-state index is -1.00. The number of hydrogen-bond donors (Lipinski definition) is 2. The number of methoxy groups -OCH3 is 1. The van der Waals surface area contributed by atoms with E-state index in [1.165, 1.54) is 10.9 Å². The fourth-order valence-electron chi connectivity index (χ4n) is 1.85. The maximum Gasteiger partial charge on any atom is 0.325 e. The molecule has 0 saturated heterocycles. The molecule has 0 aliphatic rings. The van der Waals surface area contributed by atoms with Crippen LogP contribution in [-0.2, 0) is 29.1 Å². The average molecular weight is 304 g/mol. The molecule has 8 nitrogen and oxygen atoms in total. The van der Waals surface area contributed by atoms with Crippen molar-refractivity contribution in [3.05, 3.63) is 41.7 Å². The topological polar surface area (TPSA) is 106 Å². The summed E-state index contributed by atoms with van der Waals surface area (Å²) in [5, 5.41) is 18.8. The lowest BCUT2D eigenvalue weighted by molar-refractivity contribution is -0.138. The zero-order valence-electron chi connectivity index (χ0n) is 12.0.